The Labute approximate surface area is 83.4 Å². The first kappa shape index (κ1) is 10.1. The fraction of sp³-hybridized carbons (Fsp3) is 0.300. The third kappa shape index (κ3) is 2.01. The van der Waals surface area contributed by atoms with Gasteiger partial charge in [-0.25, -0.2) is 4.98 Å². The molecule has 0 spiro atoms. The number of rotatable bonds is 2. The first-order valence-corrected chi connectivity index (χ1v) is 4.64. The van der Waals surface area contributed by atoms with E-state index >= 15 is 0 Å². The number of allylic oxidation sites excluding steroid dienone is 1. The minimum absolute atomic E-state index is 0.486. The summed E-state index contributed by atoms with van der Waals surface area (Å²) in [6, 6.07) is 0. The third-order valence-corrected chi connectivity index (χ3v) is 2.31. The SMILES string of the molecule is CC=Cc1c(N)ncc(CC)c1Cl. The molecule has 0 bridgehead atoms. The van der Waals surface area contributed by atoms with Crippen LogP contribution in [0.1, 0.15) is 25.0 Å². The highest BCUT2D eigenvalue weighted by Crippen LogP contribution is 2.26. The van der Waals surface area contributed by atoms with Crippen LogP contribution in [-0.4, -0.2) is 4.98 Å². The Kier molecular flexibility index (Phi) is 3.32. The first-order valence-electron chi connectivity index (χ1n) is 4.26. The van der Waals surface area contributed by atoms with Gasteiger partial charge in [0.15, 0.2) is 0 Å². The van der Waals surface area contributed by atoms with Gasteiger partial charge >= 0.3 is 0 Å². The van der Waals surface area contributed by atoms with Crippen molar-refractivity contribution < 1.29 is 0 Å². The summed E-state index contributed by atoms with van der Waals surface area (Å²) in [5, 5.41) is 0.716. The van der Waals surface area contributed by atoms with Gasteiger partial charge in [-0.3, -0.25) is 0 Å². The van der Waals surface area contributed by atoms with Gasteiger partial charge in [-0.1, -0.05) is 30.7 Å². The second kappa shape index (κ2) is 4.28. The maximum absolute atomic E-state index is 6.12. The number of hydrogen-bond donors (Lipinski definition) is 1. The standard InChI is InChI=1S/C10H13ClN2/c1-3-5-8-9(11)7(4-2)6-13-10(8)12/h3,5-6H,4H2,1-2H3,(H2,12,13). The van der Waals surface area contributed by atoms with Crippen LogP contribution < -0.4 is 5.73 Å². The van der Waals surface area contributed by atoms with Gasteiger partial charge in [-0.2, -0.15) is 0 Å². The molecule has 1 rings (SSSR count). The van der Waals surface area contributed by atoms with Crippen molar-refractivity contribution in [3.05, 3.63) is 28.4 Å². The average Bonchev–Trinajstić information content (AvgIpc) is 2.12. The van der Waals surface area contributed by atoms with Crippen LogP contribution in [0.5, 0.6) is 0 Å². The van der Waals surface area contributed by atoms with E-state index in [1.165, 1.54) is 0 Å². The molecular weight excluding hydrogens is 184 g/mol. The molecule has 13 heavy (non-hydrogen) atoms. The largest absolute Gasteiger partial charge is 0.383 e. The maximum Gasteiger partial charge on any atom is 0.132 e. The highest BCUT2D eigenvalue weighted by atomic mass is 35.5. The Morgan fingerprint density at radius 2 is 2.31 bits per heavy atom. The zero-order chi connectivity index (χ0) is 9.84. The van der Waals surface area contributed by atoms with E-state index in [1.807, 2.05) is 26.0 Å². The van der Waals surface area contributed by atoms with E-state index in [0.717, 1.165) is 17.5 Å². The lowest BCUT2D eigenvalue weighted by Crippen LogP contribution is -1.97. The summed E-state index contributed by atoms with van der Waals surface area (Å²) in [5.41, 5.74) is 7.54. The predicted octanol–water partition coefficient (Wildman–Crippen LogP) is 2.91. The van der Waals surface area contributed by atoms with Gasteiger partial charge in [0.2, 0.25) is 0 Å². The first-order chi connectivity index (χ1) is 6.20. The van der Waals surface area contributed by atoms with Crippen molar-refractivity contribution in [2.45, 2.75) is 20.3 Å². The molecule has 2 nitrogen and oxygen atoms in total. The molecule has 0 aromatic carbocycles. The van der Waals surface area contributed by atoms with E-state index in [4.69, 9.17) is 17.3 Å². The molecule has 0 aliphatic rings. The molecule has 70 valence electrons. The number of hydrogen-bond acceptors (Lipinski definition) is 2. The molecular formula is C10H13ClN2. The summed E-state index contributed by atoms with van der Waals surface area (Å²) in [6.45, 7) is 3.97. The highest BCUT2D eigenvalue weighted by molar-refractivity contribution is 6.33. The van der Waals surface area contributed by atoms with Crippen molar-refractivity contribution in [3.8, 4) is 0 Å². The topological polar surface area (TPSA) is 38.9 Å². The van der Waals surface area contributed by atoms with E-state index in [1.54, 1.807) is 6.20 Å². The summed E-state index contributed by atoms with van der Waals surface area (Å²) < 4.78 is 0. The summed E-state index contributed by atoms with van der Waals surface area (Å²) in [5.74, 6) is 0.486. The van der Waals surface area contributed by atoms with Gasteiger partial charge in [0, 0.05) is 11.8 Å². The second-order valence-corrected chi connectivity index (χ2v) is 3.13. The monoisotopic (exact) mass is 196 g/mol. The number of nitrogens with two attached hydrogens (primary N) is 1. The molecule has 0 radical (unpaired) electrons. The number of anilines is 1. The smallest absolute Gasteiger partial charge is 0.132 e. The minimum Gasteiger partial charge on any atom is -0.383 e. The van der Waals surface area contributed by atoms with E-state index in [2.05, 4.69) is 4.98 Å². The number of nitrogens with zero attached hydrogens (tertiary/aromatic N) is 1. The van der Waals surface area contributed by atoms with Crippen molar-refractivity contribution in [1.29, 1.82) is 0 Å². The Morgan fingerprint density at radius 3 is 2.85 bits per heavy atom. The van der Waals surface area contributed by atoms with E-state index in [-0.39, 0.29) is 0 Å². The van der Waals surface area contributed by atoms with Gasteiger partial charge in [0.05, 0.1) is 5.02 Å². The number of nitrogen functional groups attached to an aromatic ring is 1. The molecule has 0 saturated heterocycles. The van der Waals surface area contributed by atoms with E-state index in [9.17, 15) is 0 Å². The number of pyridine rings is 1. The third-order valence-electron chi connectivity index (χ3n) is 1.87. The molecule has 0 aliphatic heterocycles. The van der Waals surface area contributed by atoms with Crippen LogP contribution in [0.2, 0.25) is 5.02 Å². The zero-order valence-corrected chi connectivity index (χ0v) is 8.60. The van der Waals surface area contributed by atoms with Gasteiger partial charge < -0.3 is 5.73 Å². The molecule has 0 unspecified atom stereocenters. The molecule has 1 heterocycles. The lowest BCUT2D eigenvalue weighted by molar-refractivity contribution is 1.10. The normalized spacial score (nSPS) is 11.0. The lowest BCUT2D eigenvalue weighted by Gasteiger charge is -2.06. The fourth-order valence-corrected chi connectivity index (χ4v) is 1.47. The summed E-state index contributed by atoms with van der Waals surface area (Å²) in [4.78, 5) is 4.07. The lowest BCUT2D eigenvalue weighted by atomic mass is 10.1. The molecule has 1 aromatic rings. The predicted molar refractivity (Wildman–Crippen MR) is 57.7 cm³/mol. The van der Waals surface area contributed by atoms with Crippen molar-refractivity contribution in [1.82, 2.24) is 4.98 Å². The molecule has 0 aliphatic carbocycles. The molecule has 1 aromatic heterocycles. The van der Waals surface area contributed by atoms with Crippen molar-refractivity contribution >= 4 is 23.5 Å². The van der Waals surface area contributed by atoms with Crippen molar-refractivity contribution in [2.75, 3.05) is 5.73 Å². The number of halogens is 1. The molecule has 3 heteroatoms. The fourth-order valence-electron chi connectivity index (χ4n) is 1.13. The molecule has 0 atom stereocenters. The van der Waals surface area contributed by atoms with Crippen LogP contribution in [0.3, 0.4) is 0 Å². The quantitative estimate of drug-likeness (QED) is 0.790. The molecule has 2 N–H and O–H groups in total. The van der Waals surface area contributed by atoms with Gasteiger partial charge in [0.1, 0.15) is 5.82 Å². The van der Waals surface area contributed by atoms with Crippen LogP contribution in [0.25, 0.3) is 6.08 Å². The Balaban J connectivity index is 3.29. The van der Waals surface area contributed by atoms with E-state index in [0.29, 0.717) is 10.8 Å². The Bertz CT molecular complexity index is 332. The van der Waals surface area contributed by atoms with Crippen molar-refractivity contribution in [3.63, 3.8) is 0 Å². The summed E-state index contributed by atoms with van der Waals surface area (Å²) in [7, 11) is 0. The van der Waals surface area contributed by atoms with Gasteiger partial charge in [-0.05, 0) is 18.9 Å². The van der Waals surface area contributed by atoms with Crippen LogP contribution in [0.4, 0.5) is 5.82 Å². The highest BCUT2D eigenvalue weighted by Gasteiger charge is 2.06. The van der Waals surface area contributed by atoms with Crippen LogP contribution in [0, 0.1) is 0 Å². The zero-order valence-electron chi connectivity index (χ0n) is 7.84. The van der Waals surface area contributed by atoms with Gasteiger partial charge in [0.25, 0.3) is 0 Å². The van der Waals surface area contributed by atoms with E-state index < -0.39 is 0 Å². The summed E-state index contributed by atoms with van der Waals surface area (Å²) >= 11 is 6.12. The minimum atomic E-state index is 0.486. The maximum atomic E-state index is 6.12. The summed E-state index contributed by atoms with van der Waals surface area (Å²) in [6.07, 6.45) is 6.38. The molecule has 0 fully saturated rings. The van der Waals surface area contributed by atoms with Gasteiger partial charge in [-0.15, -0.1) is 0 Å². The van der Waals surface area contributed by atoms with Crippen LogP contribution in [-0.2, 0) is 6.42 Å². The van der Waals surface area contributed by atoms with Crippen LogP contribution >= 0.6 is 11.6 Å². The molecule has 0 amide bonds. The number of aryl methyl sites for hydroxylation is 1. The molecule has 0 saturated carbocycles. The Hall–Kier alpha value is -1.02. The Morgan fingerprint density at radius 1 is 1.62 bits per heavy atom. The van der Waals surface area contributed by atoms with Crippen LogP contribution in [0.15, 0.2) is 12.3 Å². The average molecular weight is 197 g/mol. The second-order valence-electron chi connectivity index (χ2n) is 2.75. The van der Waals surface area contributed by atoms with Crippen molar-refractivity contribution in [2.24, 2.45) is 0 Å². The number of aromatic nitrogens is 1.